The van der Waals surface area contributed by atoms with Gasteiger partial charge in [0.1, 0.15) is 5.82 Å². The molecule has 0 aliphatic heterocycles. The van der Waals surface area contributed by atoms with Crippen LogP contribution in [0.2, 0.25) is 0 Å². The summed E-state index contributed by atoms with van der Waals surface area (Å²) in [5.41, 5.74) is 4.32. The van der Waals surface area contributed by atoms with E-state index in [1.807, 2.05) is 67.6 Å². The maximum absolute atomic E-state index is 13.5. The Balaban J connectivity index is 1.55. The van der Waals surface area contributed by atoms with Crippen LogP contribution in [0.25, 0.3) is 33.2 Å². The molecule has 0 bridgehead atoms. The van der Waals surface area contributed by atoms with Crippen LogP contribution in [-0.4, -0.2) is 42.2 Å². The fourth-order valence-corrected chi connectivity index (χ4v) is 4.26. The smallest absolute Gasteiger partial charge is 0.252 e. The van der Waals surface area contributed by atoms with Crippen LogP contribution < -0.4 is 19.5 Å². The number of pyridine rings is 1. The number of aromatic amines is 1. The third-order valence-electron chi connectivity index (χ3n) is 6.09. The van der Waals surface area contributed by atoms with Crippen LogP contribution in [0, 0.1) is 0 Å². The van der Waals surface area contributed by atoms with E-state index in [9.17, 15) is 4.79 Å². The van der Waals surface area contributed by atoms with Crippen molar-refractivity contribution in [2.24, 2.45) is 0 Å². The van der Waals surface area contributed by atoms with Gasteiger partial charge in [-0.15, -0.1) is 0 Å². The first-order valence-corrected chi connectivity index (χ1v) is 11.5. The van der Waals surface area contributed by atoms with Crippen LogP contribution >= 0.6 is 0 Å². The number of fused-ring (bicyclic) bond motifs is 2. The highest BCUT2D eigenvalue weighted by atomic mass is 16.5. The Hall–Kier alpha value is -4.59. The molecule has 1 atom stereocenters. The topological polar surface area (TPSA) is 98.4 Å². The number of nitrogens with one attached hydrogen (secondary N) is 2. The summed E-state index contributed by atoms with van der Waals surface area (Å²) in [6, 6.07) is 20.4. The van der Waals surface area contributed by atoms with Crippen LogP contribution in [0.1, 0.15) is 29.1 Å². The van der Waals surface area contributed by atoms with Crippen molar-refractivity contribution in [2.75, 3.05) is 21.3 Å². The van der Waals surface area contributed by atoms with Gasteiger partial charge >= 0.3 is 0 Å². The summed E-state index contributed by atoms with van der Waals surface area (Å²) in [5, 5.41) is 3.83. The Morgan fingerprint density at radius 1 is 0.861 bits per heavy atom. The summed E-state index contributed by atoms with van der Waals surface area (Å²) in [7, 11) is 4.68. The van der Waals surface area contributed by atoms with E-state index < -0.39 is 0 Å². The molecule has 0 fully saturated rings. The van der Waals surface area contributed by atoms with Crippen molar-refractivity contribution in [2.45, 2.75) is 13.0 Å². The second-order valence-electron chi connectivity index (χ2n) is 8.32. The summed E-state index contributed by atoms with van der Waals surface area (Å²) in [6.45, 7) is 1.90. The number of ether oxygens (including phenoxy) is 3. The predicted molar refractivity (Wildman–Crippen MR) is 139 cm³/mol. The number of nitrogens with zero attached hydrogens (tertiary/aromatic N) is 2. The zero-order valence-electron chi connectivity index (χ0n) is 20.5. The first-order valence-electron chi connectivity index (χ1n) is 11.5. The van der Waals surface area contributed by atoms with Gasteiger partial charge in [0.2, 0.25) is 5.75 Å². The maximum Gasteiger partial charge on any atom is 0.252 e. The largest absolute Gasteiger partial charge is 0.493 e. The van der Waals surface area contributed by atoms with E-state index in [-0.39, 0.29) is 11.9 Å². The minimum atomic E-state index is -0.332. The standard InChI is InChI=1S/C28H26N4O4/c1-16(27-31-21-11-7-8-12-22(21)32-27)29-28(33)19-15-23(30-20-10-6-5-9-18(19)20)17-13-24(34-2)26(36-4)25(14-17)35-3/h5-16H,1-4H3,(H,29,33)(H,31,32). The molecule has 5 aromatic rings. The average Bonchev–Trinajstić information content (AvgIpc) is 3.36. The third-order valence-corrected chi connectivity index (χ3v) is 6.09. The second-order valence-corrected chi connectivity index (χ2v) is 8.32. The van der Waals surface area contributed by atoms with Crippen molar-refractivity contribution >= 4 is 27.8 Å². The molecule has 8 heteroatoms. The molecule has 0 saturated heterocycles. The lowest BCUT2D eigenvalue weighted by Crippen LogP contribution is -2.27. The molecular formula is C28H26N4O4. The lowest BCUT2D eigenvalue weighted by Gasteiger charge is -2.16. The molecule has 5 rings (SSSR count). The molecule has 0 spiro atoms. The molecule has 0 saturated carbocycles. The SMILES string of the molecule is COc1cc(-c2cc(C(=O)NC(C)c3nc4ccccc4[nH]3)c3ccccc3n2)cc(OC)c1OC. The highest BCUT2D eigenvalue weighted by Gasteiger charge is 2.20. The van der Waals surface area contributed by atoms with Crippen molar-refractivity contribution < 1.29 is 19.0 Å². The summed E-state index contributed by atoms with van der Waals surface area (Å²) in [4.78, 5) is 26.3. The predicted octanol–water partition coefficient (Wildman–Crippen LogP) is 5.29. The molecule has 0 aliphatic carbocycles. The highest BCUT2D eigenvalue weighted by molar-refractivity contribution is 6.07. The van der Waals surface area contributed by atoms with Gasteiger partial charge in [-0.25, -0.2) is 9.97 Å². The lowest BCUT2D eigenvalue weighted by molar-refractivity contribution is 0.0940. The monoisotopic (exact) mass is 482 g/mol. The van der Waals surface area contributed by atoms with E-state index in [2.05, 4.69) is 15.3 Å². The number of methoxy groups -OCH3 is 3. The fourth-order valence-electron chi connectivity index (χ4n) is 4.26. The van der Waals surface area contributed by atoms with E-state index in [1.54, 1.807) is 27.4 Å². The van der Waals surface area contributed by atoms with Gasteiger partial charge in [0, 0.05) is 10.9 Å². The number of carbonyl (C=O) groups excluding carboxylic acids is 1. The maximum atomic E-state index is 13.5. The van der Waals surface area contributed by atoms with Gasteiger partial charge < -0.3 is 24.5 Å². The van der Waals surface area contributed by atoms with Crippen molar-refractivity contribution in [1.82, 2.24) is 20.3 Å². The number of rotatable bonds is 7. The molecule has 8 nitrogen and oxygen atoms in total. The van der Waals surface area contributed by atoms with E-state index in [4.69, 9.17) is 19.2 Å². The summed E-state index contributed by atoms with van der Waals surface area (Å²) < 4.78 is 16.5. The van der Waals surface area contributed by atoms with Gasteiger partial charge in [-0.3, -0.25) is 4.79 Å². The molecular weight excluding hydrogens is 456 g/mol. The molecule has 2 N–H and O–H groups in total. The minimum absolute atomic E-state index is 0.227. The number of carbonyl (C=O) groups is 1. The minimum Gasteiger partial charge on any atom is -0.493 e. The van der Waals surface area contributed by atoms with Crippen LogP contribution in [0.5, 0.6) is 17.2 Å². The van der Waals surface area contributed by atoms with Crippen LogP contribution in [-0.2, 0) is 0 Å². The molecule has 2 heterocycles. The Kier molecular flexibility index (Phi) is 6.16. The molecule has 0 radical (unpaired) electrons. The molecule has 1 amide bonds. The van der Waals surface area contributed by atoms with Gasteiger partial charge in [-0.1, -0.05) is 30.3 Å². The van der Waals surface area contributed by atoms with Crippen LogP contribution in [0.15, 0.2) is 66.7 Å². The summed E-state index contributed by atoms with van der Waals surface area (Å²) in [5.74, 6) is 1.96. The van der Waals surface area contributed by atoms with E-state index >= 15 is 0 Å². The Morgan fingerprint density at radius 3 is 2.19 bits per heavy atom. The first-order chi connectivity index (χ1) is 17.5. The first kappa shape index (κ1) is 23.2. The Bertz CT molecular complexity index is 1520. The van der Waals surface area contributed by atoms with Gasteiger partial charge in [-0.05, 0) is 43.3 Å². The van der Waals surface area contributed by atoms with Crippen molar-refractivity contribution in [3.8, 4) is 28.5 Å². The number of imidazole rings is 1. The Labute approximate surface area is 208 Å². The quantitative estimate of drug-likeness (QED) is 0.327. The zero-order valence-corrected chi connectivity index (χ0v) is 20.5. The molecule has 0 aliphatic rings. The average molecular weight is 483 g/mol. The van der Waals surface area contributed by atoms with Crippen molar-refractivity contribution in [3.05, 3.63) is 78.1 Å². The summed E-state index contributed by atoms with van der Waals surface area (Å²) in [6.07, 6.45) is 0. The number of hydrogen-bond donors (Lipinski definition) is 2. The molecule has 2 aromatic heterocycles. The molecule has 36 heavy (non-hydrogen) atoms. The molecule has 3 aromatic carbocycles. The lowest BCUT2D eigenvalue weighted by atomic mass is 10.0. The van der Waals surface area contributed by atoms with Gasteiger partial charge in [-0.2, -0.15) is 0 Å². The van der Waals surface area contributed by atoms with Gasteiger partial charge in [0.15, 0.2) is 11.5 Å². The van der Waals surface area contributed by atoms with Gasteiger partial charge in [0.05, 0.1) is 55.2 Å². The number of para-hydroxylation sites is 3. The molecule has 182 valence electrons. The second kappa shape index (κ2) is 9.58. The summed E-state index contributed by atoms with van der Waals surface area (Å²) >= 11 is 0. The highest BCUT2D eigenvalue weighted by Crippen LogP contribution is 2.41. The number of hydrogen-bond acceptors (Lipinski definition) is 6. The van der Waals surface area contributed by atoms with Crippen molar-refractivity contribution in [3.63, 3.8) is 0 Å². The number of aromatic nitrogens is 3. The normalized spacial score (nSPS) is 11.9. The molecule has 1 unspecified atom stereocenters. The van der Waals surface area contributed by atoms with Crippen LogP contribution in [0.4, 0.5) is 0 Å². The number of amides is 1. The number of benzene rings is 3. The van der Waals surface area contributed by atoms with Gasteiger partial charge in [0.25, 0.3) is 5.91 Å². The van der Waals surface area contributed by atoms with E-state index in [1.165, 1.54) is 0 Å². The Morgan fingerprint density at radius 2 is 1.53 bits per heavy atom. The van der Waals surface area contributed by atoms with E-state index in [0.717, 1.165) is 22.0 Å². The van der Waals surface area contributed by atoms with Crippen LogP contribution in [0.3, 0.4) is 0 Å². The fraction of sp³-hybridized carbons (Fsp3) is 0.179. The van der Waals surface area contributed by atoms with Crippen molar-refractivity contribution in [1.29, 1.82) is 0 Å². The van der Waals surface area contributed by atoms with E-state index in [0.29, 0.717) is 39.8 Å². The number of H-pyrrole nitrogens is 1. The zero-order chi connectivity index (χ0) is 25.2. The third kappa shape index (κ3) is 4.17.